The summed E-state index contributed by atoms with van der Waals surface area (Å²) < 4.78 is 10.4. The predicted octanol–water partition coefficient (Wildman–Crippen LogP) is 2.90. The van der Waals surface area contributed by atoms with Gasteiger partial charge in [0.1, 0.15) is 27.8 Å². The summed E-state index contributed by atoms with van der Waals surface area (Å²) in [4.78, 5) is 28.8. The quantitative estimate of drug-likeness (QED) is 0.655. The van der Waals surface area contributed by atoms with Crippen molar-refractivity contribution in [1.82, 2.24) is 15.2 Å². The Bertz CT molecular complexity index is 1010. The molecule has 1 amide bonds. The fourth-order valence-corrected chi connectivity index (χ4v) is 3.55. The van der Waals surface area contributed by atoms with E-state index in [4.69, 9.17) is 9.47 Å². The fraction of sp³-hybridized carbons (Fsp3) is 0.222. The summed E-state index contributed by atoms with van der Waals surface area (Å²) in [5.41, 5.74) is 2.51. The molecule has 3 aromatic rings. The maximum Gasteiger partial charge on any atom is 0.343 e. The third-order valence-corrected chi connectivity index (χ3v) is 4.94. The molecule has 0 saturated carbocycles. The van der Waals surface area contributed by atoms with Crippen LogP contribution in [-0.4, -0.2) is 40.3 Å². The van der Waals surface area contributed by atoms with E-state index in [2.05, 4.69) is 20.5 Å². The van der Waals surface area contributed by atoms with Crippen LogP contribution in [0.3, 0.4) is 0 Å². The number of anilines is 1. The van der Waals surface area contributed by atoms with Crippen LogP contribution in [-0.2, 0) is 11.2 Å². The number of amides is 1. The second-order valence-electron chi connectivity index (χ2n) is 5.79. The summed E-state index contributed by atoms with van der Waals surface area (Å²) in [6.07, 6.45) is 2.19. The number of hydrogen-bond donors (Lipinski definition) is 2. The first-order valence-electron chi connectivity index (χ1n) is 8.39. The standard InChI is InChI=1S/C18H16N4O4S/c1-2-25-18(24)12-8-19-22-15(12)21-16(23)13-9-27-17(20-13)11-3-4-14-10(7-11)5-6-26-14/h3-4,7-9H,2,5-6H2,1H3,(H2,19,21,22,23). The summed E-state index contributed by atoms with van der Waals surface area (Å²) in [6.45, 7) is 2.63. The molecule has 2 N–H and O–H groups in total. The van der Waals surface area contributed by atoms with Gasteiger partial charge in [0.25, 0.3) is 5.91 Å². The van der Waals surface area contributed by atoms with Crippen LogP contribution in [0.15, 0.2) is 29.8 Å². The highest BCUT2D eigenvalue weighted by atomic mass is 32.1. The number of H-pyrrole nitrogens is 1. The van der Waals surface area contributed by atoms with Crippen molar-refractivity contribution in [2.24, 2.45) is 0 Å². The number of ether oxygens (including phenoxy) is 2. The predicted molar refractivity (Wildman–Crippen MR) is 99.2 cm³/mol. The molecule has 1 aliphatic rings. The Morgan fingerprint density at radius 3 is 3.15 bits per heavy atom. The average molecular weight is 384 g/mol. The Morgan fingerprint density at radius 2 is 2.30 bits per heavy atom. The molecule has 3 heterocycles. The summed E-state index contributed by atoms with van der Waals surface area (Å²) >= 11 is 1.38. The summed E-state index contributed by atoms with van der Waals surface area (Å²) in [7, 11) is 0. The van der Waals surface area contributed by atoms with Gasteiger partial charge in [0.05, 0.1) is 19.4 Å². The fourth-order valence-electron chi connectivity index (χ4n) is 2.75. The van der Waals surface area contributed by atoms with Gasteiger partial charge >= 0.3 is 5.97 Å². The van der Waals surface area contributed by atoms with Crippen molar-refractivity contribution >= 4 is 29.0 Å². The highest BCUT2D eigenvalue weighted by molar-refractivity contribution is 7.13. The molecular weight excluding hydrogens is 368 g/mol. The van der Waals surface area contributed by atoms with Gasteiger partial charge in [-0.2, -0.15) is 5.10 Å². The van der Waals surface area contributed by atoms with E-state index in [1.165, 1.54) is 17.5 Å². The number of aromatic amines is 1. The van der Waals surface area contributed by atoms with Crippen LogP contribution in [0.2, 0.25) is 0 Å². The molecule has 9 heteroatoms. The lowest BCUT2D eigenvalue weighted by atomic mass is 10.1. The molecule has 0 unspecified atom stereocenters. The van der Waals surface area contributed by atoms with Gasteiger partial charge in [-0.1, -0.05) is 0 Å². The van der Waals surface area contributed by atoms with E-state index in [1.807, 2.05) is 18.2 Å². The van der Waals surface area contributed by atoms with Crippen molar-refractivity contribution < 1.29 is 19.1 Å². The molecule has 138 valence electrons. The van der Waals surface area contributed by atoms with Crippen molar-refractivity contribution in [3.63, 3.8) is 0 Å². The summed E-state index contributed by atoms with van der Waals surface area (Å²) in [6, 6.07) is 5.89. The first-order chi connectivity index (χ1) is 13.2. The molecule has 0 atom stereocenters. The number of nitrogens with zero attached hydrogens (tertiary/aromatic N) is 2. The summed E-state index contributed by atoms with van der Waals surface area (Å²) in [5, 5.41) is 11.4. The molecule has 27 heavy (non-hydrogen) atoms. The Labute approximate surface area is 158 Å². The van der Waals surface area contributed by atoms with Gasteiger partial charge in [0.15, 0.2) is 0 Å². The van der Waals surface area contributed by atoms with Crippen LogP contribution in [0.4, 0.5) is 5.82 Å². The van der Waals surface area contributed by atoms with E-state index < -0.39 is 11.9 Å². The van der Waals surface area contributed by atoms with Crippen LogP contribution in [0.25, 0.3) is 10.6 Å². The Hall–Kier alpha value is -3.20. The van der Waals surface area contributed by atoms with Crippen LogP contribution in [0.5, 0.6) is 5.75 Å². The lowest BCUT2D eigenvalue weighted by Crippen LogP contribution is -2.15. The Morgan fingerprint density at radius 1 is 1.41 bits per heavy atom. The number of benzene rings is 1. The van der Waals surface area contributed by atoms with Crippen LogP contribution in [0, 0.1) is 0 Å². The van der Waals surface area contributed by atoms with Gasteiger partial charge in [-0.05, 0) is 30.7 Å². The molecule has 0 aliphatic carbocycles. The van der Waals surface area contributed by atoms with E-state index in [-0.39, 0.29) is 23.7 Å². The van der Waals surface area contributed by atoms with Crippen molar-refractivity contribution in [3.05, 3.63) is 46.6 Å². The minimum Gasteiger partial charge on any atom is -0.493 e. The van der Waals surface area contributed by atoms with E-state index in [1.54, 1.807) is 12.3 Å². The van der Waals surface area contributed by atoms with Crippen molar-refractivity contribution in [3.8, 4) is 16.3 Å². The van der Waals surface area contributed by atoms with Crippen molar-refractivity contribution in [1.29, 1.82) is 0 Å². The van der Waals surface area contributed by atoms with Gasteiger partial charge in [0.2, 0.25) is 0 Å². The van der Waals surface area contributed by atoms with E-state index in [9.17, 15) is 9.59 Å². The van der Waals surface area contributed by atoms with E-state index in [0.29, 0.717) is 6.61 Å². The number of thiazole rings is 1. The van der Waals surface area contributed by atoms with E-state index >= 15 is 0 Å². The number of aromatic nitrogens is 3. The zero-order chi connectivity index (χ0) is 18.8. The number of esters is 1. The molecule has 0 bridgehead atoms. The van der Waals surface area contributed by atoms with Crippen LogP contribution in [0.1, 0.15) is 33.3 Å². The van der Waals surface area contributed by atoms with Crippen LogP contribution >= 0.6 is 11.3 Å². The Kier molecular flexibility index (Phi) is 4.59. The maximum atomic E-state index is 12.5. The topological polar surface area (TPSA) is 106 Å². The SMILES string of the molecule is CCOC(=O)c1cn[nH]c1NC(=O)c1csc(-c2ccc3c(c2)CCO3)n1. The normalized spacial score (nSPS) is 12.3. The minimum absolute atomic E-state index is 0.166. The first-order valence-corrected chi connectivity index (χ1v) is 9.27. The molecular formula is C18H16N4O4S. The molecule has 0 radical (unpaired) electrons. The third kappa shape index (κ3) is 3.41. The van der Waals surface area contributed by atoms with Crippen molar-refractivity contribution in [2.45, 2.75) is 13.3 Å². The molecule has 1 aliphatic heterocycles. The zero-order valence-electron chi connectivity index (χ0n) is 14.4. The highest BCUT2D eigenvalue weighted by Gasteiger charge is 2.20. The van der Waals surface area contributed by atoms with Crippen LogP contribution < -0.4 is 10.1 Å². The molecule has 0 saturated heterocycles. The molecule has 8 nitrogen and oxygen atoms in total. The van der Waals surface area contributed by atoms with Crippen molar-refractivity contribution in [2.75, 3.05) is 18.5 Å². The number of rotatable bonds is 5. The molecule has 4 rings (SSSR count). The van der Waals surface area contributed by atoms with Gasteiger partial charge in [-0.25, -0.2) is 9.78 Å². The summed E-state index contributed by atoms with van der Waals surface area (Å²) in [5.74, 6) is 0.0966. The lowest BCUT2D eigenvalue weighted by molar-refractivity contribution is 0.0527. The maximum absolute atomic E-state index is 12.5. The number of fused-ring (bicyclic) bond motifs is 1. The zero-order valence-corrected chi connectivity index (χ0v) is 15.3. The Balaban J connectivity index is 1.51. The minimum atomic E-state index is -0.555. The first kappa shape index (κ1) is 17.2. The number of hydrogen-bond acceptors (Lipinski definition) is 7. The molecule has 0 spiro atoms. The number of carbonyl (C=O) groups excluding carboxylic acids is 2. The largest absolute Gasteiger partial charge is 0.493 e. The third-order valence-electron chi connectivity index (χ3n) is 4.05. The number of carbonyl (C=O) groups is 2. The molecule has 1 aromatic carbocycles. The second-order valence-corrected chi connectivity index (χ2v) is 6.65. The smallest absolute Gasteiger partial charge is 0.343 e. The van der Waals surface area contributed by atoms with Gasteiger partial charge in [-0.15, -0.1) is 11.3 Å². The second kappa shape index (κ2) is 7.20. The van der Waals surface area contributed by atoms with Gasteiger partial charge in [0, 0.05) is 17.4 Å². The molecule has 2 aromatic heterocycles. The highest BCUT2D eigenvalue weighted by Crippen LogP contribution is 2.32. The van der Waals surface area contributed by atoms with E-state index in [0.717, 1.165) is 28.3 Å². The van der Waals surface area contributed by atoms with Gasteiger partial charge < -0.3 is 14.8 Å². The lowest BCUT2D eigenvalue weighted by Gasteiger charge is -2.04. The number of nitrogens with one attached hydrogen (secondary N) is 2. The van der Waals surface area contributed by atoms with Gasteiger partial charge in [-0.3, -0.25) is 9.89 Å². The monoisotopic (exact) mass is 384 g/mol. The average Bonchev–Trinajstić information content (AvgIpc) is 3.41. The molecule has 0 fully saturated rings.